The molecule has 0 aliphatic heterocycles. The third-order valence-electron chi connectivity index (χ3n) is 7.32. The minimum Gasteiger partial charge on any atom is -0.396 e. The highest BCUT2D eigenvalue weighted by atomic mass is 16.6. The summed E-state index contributed by atoms with van der Waals surface area (Å²) in [6.07, 6.45) is 9.78. The van der Waals surface area contributed by atoms with Crippen LogP contribution >= 0.6 is 0 Å². The first-order chi connectivity index (χ1) is 28.3. The summed E-state index contributed by atoms with van der Waals surface area (Å²) in [6.45, 7) is 15.6. The Morgan fingerprint density at radius 3 is 0.439 bits per heavy atom. The molecular weight excluding hydrogens is 752 g/mol. The lowest BCUT2D eigenvalue weighted by molar-refractivity contribution is -0.0260. The summed E-state index contributed by atoms with van der Waals surface area (Å²) < 4.78 is 69.8. The molecule has 0 spiro atoms. The average molecular weight is 837 g/mol. The molecule has 0 aromatic rings. The van der Waals surface area contributed by atoms with Gasteiger partial charge in [0.05, 0.1) is 132 Å². The van der Waals surface area contributed by atoms with E-state index < -0.39 is 0 Å². The second-order valence-corrected chi connectivity index (χ2v) is 12.4. The molecule has 0 saturated heterocycles. The van der Waals surface area contributed by atoms with Crippen molar-refractivity contribution in [3.8, 4) is 0 Å². The highest BCUT2D eigenvalue weighted by molar-refractivity contribution is 4.45. The van der Waals surface area contributed by atoms with E-state index in [0.717, 1.165) is 117 Å². The number of ether oxygens (including phenoxy) is 13. The minimum absolute atomic E-state index is 0.0278. The molecule has 17 nitrogen and oxygen atoms in total. The first-order valence-electron chi connectivity index (χ1n) is 21.3. The van der Waals surface area contributed by atoms with Gasteiger partial charge in [0.1, 0.15) is 0 Å². The molecule has 0 fully saturated rings. The van der Waals surface area contributed by atoms with E-state index in [1.807, 2.05) is 0 Å². The number of aliphatic hydroxyl groups is 4. The zero-order valence-corrected chi connectivity index (χ0v) is 35.4. The monoisotopic (exact) mass is 837 g/mol. The van der Waals surface area contributed by atoms with Gasteiger partial charge in [0.15, 0.2) is 0 Å². The SMILES string of the molecule is OCCCCOCCCCOCCCCOCCCCOCCCCO.OCCOCCOCCOCCOCCOCCOCCOCCOCCOCCO. The first kappa shape index (κ1) is 58.4. The molecular formula is C40H84O17. The van der Waals surface area contributed by atoms with Gasteiger partial charge in [-0.25, -0.2) is 0 Å². The van der Waals surface area contributed by atoms with Crippen molar-refractivity contribution >= 4 is 0 Å². The minimum atomic E-state index is 0.0278. The molecule has 346 valence electrons. The van der Waals surface area contributed by atoms with E-state index in [2.05, 4.69) is 0 Å². The van der Waals surface area contributed by atoms with E-state index in [4.69, 9.17) is 82.0 Å². The van der Waals surface area contributed by atoms with Gasteiger partial charge < -0.3 is 82.0 Å². The fourth-order valence-electron chi connectivity index (χ4n) is 4.26. The summed E-state index contributed by atoms with van der Waals surface area (Å²) in [5.74, 6) is 0. The van der Waals surface area contributed by atoms with Gasteiger partial charge in [0, 0.05) is 66.1 Å². The normalized spacial score (nSPS) is 11.4. The maximum Gasteiger partial charge on any atom is 0.0701 e. The molecule has 0 radical (unpaired) electrons. The molecule has 4 N–H and O–H groups in total. The molecule has 0 atom stereocenters. The summed E-state index contributed by atoms with van der Waals surface area (Å²) in [4.78, 5) is 0. The third kappa shape index (κ3) is 62.1. The Bertz CT molecular complexity index is 605. The fraction of sp³-hybridized carbons (Fsp3) is 1.00. The molecule has 17 heteroatoms. The maximum absolute atomic E-state index is 8.64. The molecule has 0 saturated carbocycles. The first-order valence-corrected chi connectivity index (χ1v) is 21.3. The Hall–Kier alpha value is -0.680. The van der Waals surface area contributed by atoms with Crippen LogP contribution in [0.1, 0.15) is 64.2 Å². The van der Waals surface area contributed by atoms with Crippen LogP contribution in [0.5, 0.6) is 0 Å². The van der Waals surface area contributed by atoms with Crippen LogP contribution in [0.2, 0.25) is 0 Å². The van der Waals surface area contributed by atoms with Crippen molar-refractivity contribution in [1.82, 2.24) is 0 Å². The van der Waals surface area contributed by atoms with Crippen molar-refractivity contribution < 1.29 is 82.0 Å². The summed E-state index contributed by atoms with van der Waals surface area (Å²) in [6, 6.07) is 0. The Labute approximate surface area is 344 Å². The molecule has 0 aliphatic rings. The van der Waals surface area contributed by atoms with Gasteiger partial charge >= 0.3 is 0 Å². The predicted molar refractivity (Wildman–Crippen MR) is 215 cm³/mol. The maximum atomic E-state index is 8.64. The van der Waals surface area contributed by atoms with E-state index in [0.29, 0.717) is 119 Å². The van der Waals surface area contributed by atoms with Gasteiger partial charge in [-0.2, -0.15) is 0 Å². The second kappa shape index (κ2) is 59.6. The van der Waals surface area contributed by atoms with Crippen molar-refractivity contribution in [2.75, 3.05) is 198 Å². The Morgan fingerprint density at radius 2 is 0.281 bits per heavy atom. The number of hydrogen-bond donors (Lipinski definition) is 4. The highest BCUT2D eigenvalue weighted by Gasteiger charge is 1.97. The highest BCUT2D eigenvalue weighted by Crippen LogP contribution is 1.99. The zero-order chi connectivity index (χ0) is 41.5. The molecule has 0 aromatic carbocycles. The van der Waals surface area contributed by atoms with Crippen molar-refractivity contribution in [2.45, 2.75) is 64.2 Å². The fourth-order valence-corrected chi connectivity index (χ4v) is 4.26. The Balaban J connectivity index is 0. The molecule has 0 amide bonds. The zero-order valence-electron chi connectivity index (χ0n) is 35.4. The van der Waals surface area contributed by atoms with Crippen LogP contribution < -0.4 is 0 Å². The number of rotatable bonds is 51. The van der Waals surface area contributed by atoms with Crippen molar-refractivity contribution in [3.63, 3.8) is 0 Å². The van der Waals surface area contributed by atoms with Crippen LogP contribution in [0.15, 0.2) is 0 Å². The van der Waals surface area contributed by atoms with Crippen molar-refractivity contribution in [1.29, 1.82) is 0 Å². The van der Waals surface area contributed by atoms with Crippen LogP contribution in [-0.4, -0.2) is 219 Å². The average Bonchev–Trinajstić information content (AvgIpc) is 3.22. The summed E-state index contributed by atoms with van der Waals surface area (Å²) in [5, 5.41) is 34.4. The summed E-state index contributed by atoms with van der Waals surface area (Å²) >= 11 is 0. The van der Waals surface area contributed by atoms with Crippen LogP contribution in [0.3, 0.4) is 0 Å². The van der Waals surface area contributed by atoms with E-state index in [1.54, 1.807) is 0 Å². The molecule has 0 aromatic heterocycles. The van der Waals surface area contributed by atoms with Crippen LogP contribution in [0.25, 0.3) is 0 Å². The second-order valence-electron chi connectivity index (χ2n) is 12.4. The van der Waals surface area contributed by atoms with E-state index in [1.165, 1.54) is 0 Å². The molecule has 0 heterocycles. The lowest BCUT2D eigenvalue weighted by atomic mass is 10.3. The smallest absolute Gasteiger partial charge is 0.0701 e. The molecule has 0 rings (SSSR count). The Morgan fingerprint density at radius 1 is 0.140 bits per heavy atom. The van der Waals surface area contributed by atoms with E-state index in [-0.39, 0.29) is 26.4 Å². The standard InChI is InChI=1S/C20H42O11.C20H42O6/c21-1-3-23-5-7-25-9-11-27-13-15-29-17-19-31-20-18-30-16-14-28-12-10-26-8-6-24-4-2-22;21-11-1-3-13-23-15-5-7-17-25-19-9-10-20-26-18-8-6-16-24-14-4-2-12-22/h21-22H,1-20H2;21-22H,1-20H2. The van der Waals surface area contributed by atoms with Crippen molar-refractivity contribution in [3.05, 3.63) is 0 Å². The van der Waals surface area contributed by atoms with Gasteiger partial charge in [0.25, 0.3) is 0 Å². The summed E-state index contributed by atoms with van der Waals surface area (Å²) in [7, 11) is 0. The lowest BCUT2D eigenvalue weighted by Gasteiger charge is -2.08. The quantitative estimate of drug-likeness (QED) is 0.0649. The van der Waals surface area contributed by atoms with Gasteiger partial charge in [-0.3, -0.25) is 0 Å². The van der Waals surface area contributed by atoms with Gasteiger partial charge in [0.2, 0.25) is 0 Å². The van der Waals surface area contributed by atoms with E-state index >= 15 is 0 Å². The third-order valence-corrected chi connectivity index (χ3v) is 7.32. The Kier molecular flexibility index (Phi) is 61.1. The topological polar surface area (TPSA) is 201 Å². The van der Waals surface area contributed by atoms with Crippen LogP contribution in [-0.2, 0) is 61.6 Å². The van der Waals surface area contributed by atoms with Crippen LogP contribution in [0.4, 0.5) is 0 Å². The van der Waals surface area contributed by atoms with Gasteiger partial charge in [-0.15, -0.1) is 0 Å². The van der Waals surface area contributed by atoms with Gasteiger partial charge in [-0.1, -0.05) is 0 Å². The van der Waals surface area contributed by atoms with Gasteiger partial charge in [-0.05, 0) is 64.2 Å². The van der Waals surface area contributed by atoms with E-state index in [9.17, 15) is 0 Å². The van der Waals surface area contributed by atoms with Crippen molar-refractivity contribution in [2.24, 2.45) is 0 Å². The molecule has 0 unspecified atom stereocenters. The number of unbranched alkanes of at least 4 members (excludes halogenated alkanes) is 5. The molecule has 57 heavy (non-hydrogen) atoms. The lowest BCUT2D eigenvalue weighted by Crippen LogP contribution is -2.15. The molecule has 0 aliphatic carbocycles. The molecule has 0 bridgehead atoms. The van der Waals surface area contributed by atoms with Crippen LogP contribution in [0, 0.1) is 0 Å². The number of hydrogen-bond acceptors (Lipinski definition) is 17. The summed E-state index contributed by atoms with van der Waals surface area (Å²) in [5.41, 5.74) is 0. The number of aliphatic hydroxyl groups excluding tert-OH is 4. The largest absolute Gasteiger partial charge is 0.396 e. The predicted octanol–water partition coefficient (Wildman–Crippen LogP) is 2.06.